The lowest BCUT2D eigenvalue weighted by atomic mass is 10.2. The summed E-state index contributed by atoms with van der Waals surface area (Å²) in [6.45, 7) is 1.57. The van der Waals surface area contributed by atoms with Crippen molar-refractivity contribution in [2.24, 2.45) is 7.05 Å². The summed E-state index contributed by atoms with van der Waals surface area (Å²) in [5.41, 5.74) is 0.801. The smallest absolute Gasteiger partial charge is 0.237 e. The quantitative estimate of drug-likeness (QED) is 0.518. The average Bonchev–Trinajstić information content (AvgIpc) is 3.35. The number of hydrogen-bond acceptors (Lipinski definition) is 7. The lowest BCUT2D eigenvalue weighted by molar-refractivity contribution is -0.116. The molecule has 1 fully saturated rings. The number of anilines is 1. The first-order valence-electron chi connectivity index (χ1n) is 9.93. The molecule has 3 heterocycles. The molecule has 2 aromatic heterocycles. The van der Waals surface area contributed by atoms with Crippen molar-refractivity contribution < 1.29 is 14.3 Å². The molecule has 0 radical (unpaired) electrons. The van der Waals surface area contributed by atoms with E-state index in [1.54, 1.807) is 16.2 Å². The number of carbonyl (C=O) groups is 1. The van der Waals surface area contributed by atoms with Gasteiger partial charge < -0.3 is 18.9 Å². The van der Waals surface area contributed by atoms with Crippen molar-refractivity contribution in [1.82, 2.24) is 14.8 Å². The molecule has 0 N–H and O–H groups in total. The van der Waals surface area contributed by atoms with Gasteiger partial charge >= 0.3 is 0 Å². The van der Waals surface area contributed by atoms with Crippen LogP contribution >= 0.6 is 23.1 Å². The molecule has 30 heavy (non-hydrogen) atoms. The van der Waals surface area contributed by atoms with Crippen molar-refractivity contribution in [2.45, 2.75) is 30.5 Å². The van der Waals surface area contributed by atoms with E-state index in [9.17, 15) is 4.79 Å². The first-order valence-corrected chi connectivity index (χ1v) is 11.8. The molecular weight excluding hydrogens is 420 g/mol. The highest BCUT2D eigenvalue weighted by Gasteiger charge is 2.29. The molecular formula is C21H22N4O3S2. The van der Waals surface area contributed by atoms with Crippen molar-refractivity contribution in [3.8, 4) is 11.5 Å². The van der Waals surface area contributed by atoms with E-state index in [-0.39, 0.29) is 11.7 Å². The van der Waals surface area contributed by atoms with Crippen LogP contribution in [0.3, 0.4) is 0 Å². The van der Waals surface area contributed by atoms with E-state index in [0.29, 0.717) is 31.4 Å². The lowest BCUT2D eigenvalue weighted by Crippen LogP contribution is -2.32. The van der Waals surface area contributed by atoms with Crippen molar-refractivity contribution in [3.63, 3.8) is 0 Å². The van der Waals surface area contributed by atoms with Crippen molar-refractivity contribution in [2.75, 3.05) is 23.9 Å². The maximum atomic E-state index is 13.3. The molecule has 0 saturated heterocycles. The molecule has 9 heteroatoms. The fraction of sp³-hybridized carbons (Fsp3) is 0.381. The van der Waals surface area contributed by atoms with Gasteiger partial charge in [-0.15, -0.1) is 21.5 Å². The molecule has 1 amide bonds. The summed E-state index contributed by atoms with van der Waals surface area (Å²) in [6.07, 6.45) is 2.35. The van der Waals surface area contributed by atoms with E-state index in [0.717, 1.165) is 27.3 Å². The summed E-state index contributed by atoms with van der Waals surface area (Å²) in [4.78, 5) is 16.2. The van der Waals surface area contributed by atoms with E-state index in [1.165, 1.54) is 24.6 Å². The van der Waals surface area contributed by atoms with E-state index >= 15 is 0 Å². The van der Waals surface area contributed by atoms with Gasteiger partial charge in [-0.3, -0.25) is 4.79 Å². The van der Waals surface area contributed by atoms with Crippen LogP contribution in [0.15, 0.2) is 40.9 Å². The van der Waals surface area contributed by atoms with Gasteiger partial charge in [-0.25, -0.2) is 0 Å². The molecule has 156 valence electrons. The number of benzene rings is 1. The zero-order valence-electron chi connectivity index (χ0n) is 16.6. The van der Waals surface area contributed by atoms with Gasteiger partial charge in [-0.05, 0) is 36.4 Å². The molecule has 3 aromatic rings. The topological polar surface area (TPSA) is 69.5 Å². The summed E-state index contributed by atoms with van der Waals surface area (Å²) in [5, 5.41) is 11.4. The largest absolute Gasteiger partial charge is 0.486 e. The molecule has 0 unspecified atom stereocenters. The second-order valence-electron chi connectivity index (χ2n) is 7.35. The number of thioether (sulfide) groups is 1. The Morgan fingerprint density at radius 2 is 2.07 bits per heavy atom. The molecule has 5 rings (SSSR count). The summed E-state index contributed by atoms with van der Waals surface area (Å²) in [5.74, 6) is 3.25. The Morgan fingerprint density at radius 1 is 1.23 bits per heavy atom. The fourth-order valence-electron chi connectivity index (χ4n) is 3.43. The number of amides is 1. The van der Waals surface area contributed by atoms with Crippen molar-refractivity contribution >= 4 is 34.7 Å². The summed E-state index contributed by atoms with van der Waals surface area (Å²) < 4.78 is 13.4. The summed E-state index contributed by atoms with van der Waals surface area (Å²) in [6, 6.07) is 9.71. The zero-order valence-corrected chi connectivity index (χ0v) is 18.2. The number of ether oxygens (including phenoxy) is 2. The maximum absolute atomic E-state index is 13.3. The van der Waals surface area contributed by atoms with Gasteiger partial charge in [0, 0.05) is 29.6 Å². The van der Waals surface area contributed by atoms with E-state index < -0.39 is 0 Å². The predicted octanol–water partition coefficient (Wildman–Crippen LogP) is 3.85. The van der Waals surface area contributed by atoms with E-state index in [4.69, 9.17) is 9.47 Å². The van der Waals surface area contributed by atoms with Gasteiger partial charge in [-0.2, -0.15) is 0 Å². The minimum atomic E-state index is 0.0149. The molecule has 2 aliphatic rings. The SMILES string of the molecule is Cn1c(SCC(=O)N(Cc2cccs2)c2ccc3c(c2)OCCO3)nnc1C1CC1. The average molecular weight is 443 g/mol. The summed E-state index contributed by atoms with van der Waals surface area (Å²) in [7, 11) is 1.98. The normalized spacial score (nSPS) is 15.2. The minimum Gasteiger partial charge on any atom is -0.486 e. The number of hydrogen-bond donors (Lipinski definition) is 0. The Labute approximate surface area is 183 Å². The second kappa shape index (κ2) is 8.31. The molecule has 7 nitrogen and oxygen atoms in total. The standard InChI is InChI=1S/C21H22N4O3S2/c1-24-20(14-4-5-14)22-23-21(24)30-13-19(26)25(12-16-3-2-10-29-16)15-6-7-17-18(11-15)28-9-8-27-17/h2-3,6-7,10-11,14H,4-5,8-9,12-13H2,1H3. The van der Waals surface area contributed by atoms with Crippen molar-refractivity contribution in [1.29, 1.82) is 0 Å². The van der Waals surface area contributed by atoms with Crippen LogP contribution in [-0.2, 0) is 18.4 Å². The first-order chi connectivity index (χ1) is 14.7. The Hall–Kier alpha value is -2.52. The number of rotatable bonds is 7. The Morgan fingerprint density at radius 3 is 2.83 bits per heavy atom. The molecule has 1 aliphatic heterocycles. The Balaban J connectivity index is 1.35. The number of thiophene rings is 1. The van der Waals surface area contributed by atoms with Crippen LogP contribution in [0.1, 0.15) is 29.5 Å². The molecule has 1 aromatic carbocycles. The lowest BCUT2D eigenvalue weighted by Gasteiger charge is -2.25. The molecule has 1 saturated carbocycles. The van der Waals surface area contributed by atoms with E-state index in [1.807, 2.05) is 47.3 Å². The van der Waals surface area contributed by atoms with Crippen LogP contribution in [0, 0.1) is 0 Å². The Bertz CT molecular complexity index is 1050. The highest BCUT2D eigenvalue weighted by Crippen LogP contribution is 2.39. The highest BCUT2D eigenvalue weighted by molar-refractivity contribution is 7.99. The van der Waals surface area contributed by atoms with Gasteiger partial charge in [0.2, 0.25) is 5.91 Å². The van der Waals surface area contributed by atoms with Gasteiger partial charge in [0.25, 0.3) is 0 Å². The predicted molar refractivity (Wildman–Crippen MR) is 117 cm³/mol. The van der Waals surface area contributed by atoms with Gasteiger partial charge in [0.15, 0.2) is 16.7 Å². The number of carbonyl (C=O) groups excluding carboxylic acids is 1. The monoisotopic (exact) mass is 442 g/mol. The fourth-order valence-corrected chi connectivity index (χ4v) is 4.92. The van der Waals surface area contributed by atoms with Gasteiger partial charge in [0.05, 0.1) is 12.3 Å². The molecule has 0 bridgehead atoms. The molecule has 1 aliphatic carbocycles. The molecule has 0 atom stereocenters. The van der Waals surface area contributed by atoms with Gasteiger partial charge in [0.1, 0.15) is 19.0 Å². The van der Waals surface area contributed by atoms with Crippen LogP contribution in [0.25, 0.3) is 0 Å². The third kappa shape index (κ3) is 4.04. The van der Waals surface area contributed by atoms with Gasteiger partial charge in [-0.1, -0.05) is 17.8 Å². The Kier molecular flexibility index (Phi) is 5.39. The van der Waals surface area contributed by atoms with Crippen LogP contribution in [0.2, 0.25) is 0 Å². The minimum absolute atomic E-state index is 0.0149. The number of aromatic nitrogens is 3. The third-order valence-electron chi connectivity index (χ3n) is 5.17. The van der Waals surface area contributed by atoms with Crippen LogP contribution in [0.5, 0.6) is 11.5 Å². The first kappa shape index (κ1) is 19.4. The van der Waals surface area contributed by atoms with Crippen molar-refractivity contribution in [3.05, 3.63) is 46.4 Å². The van der Waals surface area contributed by atoms with Crippen LogP contribution in [-0.4, -0.2) is 39.6 Å². The van der Waals surface area contributed by atoms with Crippen LogP contribution in [0.4, 0.5) is 5.69 Å². The van der Waals surface area contributed by atoms with Crippen LogP contribution < -0.4 is 14.4 Å². The highest BCUT2D eigenvalue weighted by atomic mass is 32.2. The van der Waals surface area contributed by atoms with E-state index in [2.05, 4.69) is 10.2 Å². The second-order valence-corrected chi connectivity index (χ2v) is 9.32. The zero-order chi connectivity index (χ0) is 20.5. The number of nitrogens with zero attached hydrogens (tertiary/aromatic N) is 4. The molecule has 0 spiro atoms. The number of fused-ring (bicyclic) bond motifs is 1. The maximum Gasteiger partial charge on any atom is 0.237 e. The summed E-state index contributed by atoms with van der Waals surface area (Å²) >= 11 is 3.07. The third-order valence-corrected chi connectivity index (χ3v) is 7.03.